The monoisotopic (exact) mass is 409 g/mol. The summed E-state index contributed by atoms with van der Waals surface area (Å²) in [4.78, 5) is 2.50. The minimum Gasteiger partial charge on any atom is -0.379 e. The number of rotatable bonds is 6. The van der Waals surface area contributed by atoms with Crippen LogP contribution in [-0.2, 0) is 22.6 Å². The molecular formula is C22H36ClN3O2. The van der Waals surface area contributed by atoms with Gasteiger partial charge in [0, 0.05) is 44.8 Å². The first kappa shape index (κ1) is 22.0. The zero-order valence-corrected chi connectivity index (χ0v) is 17.9. The fraction of sp³-hybridized carbons (Fsp3) is 0.727. The normalized spacial score (nSPS) is 31.5. The molecule has 0 amide bonds. The zero-order chi connectivity index (χ0) is 18.5. The molecule has 1 aromatic carbocycles. The minimum absolute atomic E-state index is 0. The Labute approximate surface area is 175 Å². The zero-order valence-electron chi connectivity index (χ0n) is 17.1. The van der Waals surface area contributed by atoms with Crippen LogP contribution in [0.2, 0.25) is 0 Å². The molecule has 0 spiro atoms. The quantitative estimate of drug-likeness (QED) is 0.756. The molecule has 1 aliphatic carbocycles. The summed E-state index contributed by atoms with van der Waals surface area (Å²) in [6, 6.07) is 10.2. The molecule has 4 atom stereocenters. The van der Waals surface area contributed by atoms with Crippen LogP contribution < -0.4 is 10.6 Å². The Balaban J connectivity index is 0.00000225. The van der Waals surface area contributed by atoms with Gasteiger partial charge in [-0.05, 0) is 36.8 Å². The summed E-state index contributed by atoms with van der Waals surface area (Å²) in [7, 11) is 0. The highest BCUT2D eigenvalue weighted by Crippen LogP contribution is 2.29. The molecule has 2 heterocycles. The van der Waals surface area contributed by atoms with E-state index in [9.17, 15) is 0 Å². The molecule has 1 saturated carbocycles. The molecule has 4 unspecified atom stereocenters. The number of hydrogen-bond donors (Lipinski definition) is 2. The van der Waals surface area contributed by atoms with Gasteiger partial charge in [-0.15, -0.1) is 12.4 Å². The number of nitrogens with one attached hydrogen (secondary N) is 2. The van der Waals surface area contributed by atoms with Crippen LogP contribution in [0.1, 0.15) is 37.3 Å². The van der Waals surface area contributed by atoms with Gasteiger partial charge < -0.3 is 20.1 Å². The first-order chi connectivity index (χ1) is 13.3. The van der Waals surface area contributed by atoms with Gasteiger partial charge in [-0.1, -0.05) is 30.7 Å². The Morgan fingerprint density at radius 2 is 2.11 bits per heavy atom. The van der Waals surface area contributed by atoms with Crippen molar-refractivity contribution in [1.82, 2.24) is 15.5 Å². The number of morpholine rings is 2. The van der Waals surface area contributed by atoms with Gasteiger partial charge in [0.25, 0.3) is 0 Å². The summed E-state index contributed by atoms with van der Waals surface area (Å²) in [6.45, 7) is 9.79. The summed E-state index contributed by atoms with van der Waals surface area (Å²) in [5.41, 5.74) is 2.81. The van der Waals surface area contributed by atoms with Gasteiger partial charge in [-0.25, -0.2) is 0 Å². The van der Waals surface area contributed by atoms with Gasteiger partial charge in [-0.3, -0.25) is 4.90 Å². The summed E-state index contributed by atoms with van der Waals surface area (Å²) < 4.78 is 11.4. The molecule has 6 heteroatoms. The van der Waals surface area contributed by atoms with E-state index in [2.05, 4.69) is 46.7 Å². The molecule has 0 bridgehead atoms. The second-order valence-corrected chi connectivity index (χ2v) is 8.45. The van der Waals surface area contributed by atoms with Gasteiger partial charge in [0.1, 0.15) is 0 Å². The van der Waals surface area contributed by atoms with Crippen molar-refractivity contribution in [2.24, 2.45) is 5.92 Å². The van der Waals surface area contributed by atoms with Crippen molar-refractivity contribution in [3.05, 3.63) is 35.4 Å². The molecule has 2 saturated heterocycles. The Kier molecular flexibility index (Phi) is 8.57. The van der Waals surface area contributed by atoms with Crippen molar-refractivity contribution in [2.75, 3.05) is 39.5 Å². The summed E-state index contributed by atoms with van der Waals surface area (Å²) in [5, 5.41) is 7.52. The van der Waals surface area contributed by atoms with Crippen molar-refractivity contribution >= 4 is 12.4 Å². The van der Waals surface area contributed by atoms with E-state index in [4.69, 9.17) is 9.47 Å². The van der Waals surface area contributed by atoms with Crippen LogP contribution in [0.3, 0.4) is 0 Å². The lowest BCUT2D eigenvalue weighted by Gasteiger charge is -2.33. The number of ether oxygens (including phenoxy) is 2. The SMILES string of the molecule is CC1CN(Cc2cccc(CNC3CCCC3C3COCCN3)c2)CCO1.Cl. The maximum absolute atomic E-state index is 5.70. The van der Waals surface area contributed by atoms with E-state index >= 15 is 0 Å². The van der Waals surface area contributed by atoms with Crippen LogP contribution in [0.4, 0.5) is 0 Å². The molecule has 1 aromatic rings. The third-order valence-electron chi connectivity index (χ3n) is 6.33. The second kappa shape index (κ2) is 10.9. The van der Waals surface area contributed by atoms with E-state index in [0.29, 0.717) is 24.1 Å². The van der Waals surface area contributed by atoms with Gasteiger partial charge in [0.05, 0.1) is 25.9 Å². The van der Waals surface area contributed by atoms with E-state index in [-0.39, 0.29) is 12.4 Å². The Morgan fingerprint density at radius 3 is 2.93 bits per heavy atom. The van der Waals surface area contributed by atoms with Crippen LogP contribution >= 0.6 is 12.4 Å². The maximum Gasteiger partial charge on any atom is 0.0674 e. The van der Waals surface area contributed by atoms with Crippen LogP contribution in [-0.4, -0.2) is 62.5 Å². The van der Waals surface area contributed by atoms with Crippen LogP contribution in [0.25, 0.3) is 0 Å². The van der Waals surface area contributed by atoms with Crippen LogP contribution in [0.5, 0.6) is 0 Å². The van der Waals surface area contributed by atoms with E-state index < -0.39 is 0 Å². The van der Waals surface area contributed by atoms with Crippen molar-refractivity contribution in [2.45, 2.75) is 57.5 Å². The molecule has 2 aliphatic heterocycles. The molecule has 3 aliphatic rings. The van der Waals surface area contributed by atoms with Crippen molar-refractivity contribution < 1.29 is 9.47 Å². The average molecular weight is 410 g/mol. The molecule has 0 aromatic heterocycles. The maximum atomic E-state index is 5.70. The third-order valence-corrected chi connectivity index (χ3v) is 6.33. The molecule has 4 rings (SSSR count). The second-order valence-electron chi connectivity index (χ2n) is 8.45. The van der Waals surface area contributed by atoms with E-state index in [1.54, 1.807) is 0 Å². The van der Waals surface area contributed by atoms with Gasteiger partial charge >= 0.3 is 0 Å². The van der Waals surface area contributed by atoms with Gasteiger partial charge in [-0.2, -0.15) is 0 Å². The molecule has 5 nitrogen and oxygen atoms in total. The fourth-order valence-electron chi connectivity index (χ4n) is 4.96. The molecule has 28 heavy (non-hydrogen) atoms. The van der Waals surface area contributed by atoms with E-state index in [1.165, 1.54) is 30.4 Å². The number of hydrogen-bond acceptors (Lipinski definition) is 5. The highest BCUT2D eigenvalue weighted by molar-refractivity contribution is 5.85. The summed E-state index contributed by atoms with van der Waals surface area (Å²) in [6.07, 6.45) is 4.28. The predicted molar refractivity (Wildman–Crippen MR) is 115 cm³/mol. The van der Waals surface area contributed by atoms with Crippen molar-refractivity contribution in [1.29, 1.82) is 0 Å². The van der Waals surface area contributed by atoms with E-state index in [0.717, 1.165) is 52.5 Å². The van der Waals surface area contributed by atoms with Gasteiger partial charge in [0.15, 0.2) is 0 Å². The predicted octanol–water partition coefficient (Wildman–Crippen LogP) is 2.58. The van der Waals surface area contributed by atoms with Crippen LogP contribution in [0, 0.1) is 5.92 Å². The summed E-state index contributed by atoms with van der Waals surface area (Å²) >= 11 is 0. The standard InChI is InChI=1S/C22H35N3O2.ClH/c1-17-14-25(9-11-27-17)15-19-5-2-4-18(12-19)13-24-21-7-3-6-20(21)22-16-26-10-8-23-22;/h2,4-5,12,17,20-24H,3,6-11,13-16H2,1H3;1H. The average Bonchev–Trinajstić information content (AvgIpc) is 3.16. The number of halogens is 1. The van der Waals surface area contributed by atoms with Crippen LogP contribution in [0.15, 0.2) is 24.3 Å². The lowest BCUT2D eigenvalue weighted by molar-refractivity contribution is -0.0212. The highest BCUT2D eigenvalue weighted by Gasteiger charge is 2.34. The lowest BCUT2D eigenvalue weighted by Crippen LogP contribution is -2.50. The Bertz CT molecular complexity index is 597. The third kappa shape index (κ3) is 5.91. The van der Waals surface area contributed by atoms with Crippen molar-refractivity contribution in [3.8, 4) is 0 Å². The number of nitrogens with zero attached hydrogens (tertiary/aromatic N) is 1. The molecule has 3 fully saturated rings. The molecular weight excluding hydrogens is 374 g/mol. The molecule has 2 N–H and O–H groups in total. The Hall–Kier alpha value is -0.690. The minimum atomic E-state index is 0. The highest BCUT2D eigenvalue weighted by atomic mass is 35.5. The first-order valence-corrected chi connectivity index (χ1v) is 10.7. The fourth-order valence-corrected chi connectivity index (χ4v) is 4.96. The summed E-state index contributed by atoms with van der Waals surface area (Å²) in [5.74, 6) is 0.698. The lowest BCUT2D eigenvalue weighted by atomic mass is 9.94. The smallest absolute Gasteiger partial charge is 0.0674 e. The van der Waals surface area contributed by atoms with E-state index in [1.807, 2.05) is 0 Å². The molecule has 0 radical (unpaired) electrons. The largest absolute Gasteiger partial charge is 0.379 e. The topological polar surface area (TPSA) is 45.8 Å². The molecule has 158 valence electrons. The van der Waals surface area contributed by atoms with Gasteiger partial charge in [0.2, 0.25) is 0 Å². The van der Waals surface area contributed by atoms with Crippen molar-refractivity contribution in [3.63, 3.8) is 0 Å². The first-order valence-electron chi connectivity index (χ1n) is 10.7. The number of benzene rings is 1. The Morgan fingerprint density at radius 1 is 1.21 bits per heavy atom.